The topological polar surface area (TPSA) is 58.9 Å². The maximum Gasteiger partial charge on any atom is 0.225 e. The van der Waals surface area contributed by atoms with Gasteiger partial charge >= 0.3 is 0 Å². The van der Waals surface area contributed by atoms with Crippen LogP contribution in [-0.2, 0) is 4.79 Å². The summed E-state index contributed by atoms with van der Waals surface area (Å²) in [5, 5.41) is 1.14. The Morgan fingerprint density at radius 3 is 2.94 bits per heavy atom. The molecule has 3 nitrogen and oxygen atoms in total. The molecule has 18 heavy (non-hydrogen) atoms. The third-order valence-electron chi connectivity index (χ3n) is 3.94. The molecule has 1 saturated carbocycles. The summed E-state index contributed by atoms with van der Waals surface area (Å²) in [4.78, 5) is 15.0. The highest BCUT2D eigenvalue weighted by Gasteiger charge is 2.30. The van der Waals surface area contributed by atoms with Crippen molar-refractivity contribution in [3.8, 4) is 0 Å². The van der Waals surface area contributed by atoms with Crippen molar-refractivity contribution >= 4 is 16.8 Å². The van der Waals surface area contributed by atoms with Crippen molar-refractivity contribution in [1.82, 2.24) is 4.98 Å². The van der Waals surface area contributed by atoms with Gasteiger partial charge in [-0.2, -0.15) is 0 Å². The summed E-state index contributed by atoms with van der Waals surface area (Å²) in [7, 11) is 0. The quantitative estimate of drug-likeness (QED) is 0.851. The van der Waals surface area contributed by atoms with E-state index in [4.69, 9.17) is 5.73 Å². The van der Waals surface area contributed by atoms with Crippen LogP contribution in [0, 0.1) is 12.8 Å². The fourth-order valence-electron chi connectivity index (χ4n) is 2.70. The second kappa shape index (κ2) is 4.16. The molecular weight excluding hydrogens is 224 g/mol. The lowest BCUT2D eigenvalue weighted by molar-refractivity contribution is -0.119. The molecule has 1 heterocycles. The number of hydrogen-bond acceptors (Lipinski definition) is 1. The Morgan fingerprint density at radius 1 is 1.50 bits per heavy atom. The second-order valence-corrected chi connectivity index (χ2v) is 5.38. The number of para-hydroxylation sites is 1. The summed E-state index contributed by atoms with van der Waals surface area (Å²) in [6.07, 6.45) is 5.34. The Labute approximate surface area is 106 Å². The Kier molecular flexibility index (Phi) is 2.62. The number of aryl methyl sites for hydroxylation is 1. The van der Waals surface area contributed by atoms with E-state index >= 15 is 0 Å². The number of carbonyl (C=O) groups is 1. The summed E-state index contributed by atoms with van der Waals surface area (Å²) < 4.78 is 0. The number of nitrogens with one attached hydrogen (secondary N) is 1. The van der Waals surface area contributed by atoms with Crippen LogP contribution in [0.3, 0.4) is 0 Å². The van der Waals surface area contributed by atoms with Gasteiger partial charge in [-0.15, -0.1) is 0 Å². The average Bonchev–Trinajstić information content (AvgIpc) is 3.05. The summed E-state index contributed by atoms with van der Waals surface area (Å²) in [5.74, 6) is 0.342. The number of H-pyrrole nitrogens is 1. The zero-order valence-electron chi connectivity index (χ0n) is 10.6. The van der Waals surface area contributed by atoms with Gasteiger partial charge in [0.1, 0.15) is 0 Å². The van der Waals surface area contributed by atoms with Crippen LogP contribution in [0.25, 0.3) is 10.9 Å². The molecule has 1 atom stereocenters. The van der Waals surface area contributed by atoms with Crippen molar-refractivity contribution in [2.45, 2.75) is 32.1 Å². The van der Waals surface area contributed by atoms with E-state index in [0.29, 0.717) is 5.92 Å². The number of hydrogen-bond donors (Lipinski definition) is 2. The van der Waals surface area contributed by atoms with Gasteiger partial charge in [-0.3, -0.25) is 4.79 Å². The minimum absolute atomic E-state index is 0.145. The lowest BCUT2D eigenvalue weighted by atomic mass is 9.92. The van der Waals surface area contributed by atoms with Crippen molar-refractivity contribution in [1.29, 1.82) is 0 Å². The van der Waals surface area contributed by atoms with Crippen LogP contribution in [0.1, 0.15) is 36.3 Å². The van der Waals surface area contributed by atoms with Gasteiger partial charge in [0.2, 0.25) is 5.91 Å². The maximum atomic E-state index is 11.7. The lowest BCUT2D eigenvalue weighted by Crippen LogP contribution is -2.21. The number of carbonyl (C=O) groups excluding carboxylic acids is 1. The van der Waals surface area contributed by atoms with Crippen molar-refractivity contribution < 1.29 is 4.79 Å². The number of aromatic nitrogens is 1. The Morgan fingerprint density at radius 2 is 2.28 bits per heavy atom. The normalized spacial score (nSPS) is 16.9. The molecule has 2 aromatic rings. The highest BCUT2D eigenvalue weighted by Crippen LogP contribution is 2.40. The third kappa shape index (κ3) is 1.90. The van der Waals surface area contributed by atoms with E-state index in [1.54, 1.807) is 0 Å². The molecule has 1 aliphatic carbocycles. The number of aromatic amines is 1. The van der Waals surface area contributed by atoms with Gasteiger partial charge in [0.25, 0.3) is 0 Å². The van der Waals surface area contributed by atoms with Crippen LogP contribution in [0.15, 0.2) is 24.4 Å². The molecule has 0 radical (unpaired) electrons. The van der Waals surface area contributed by atoms with Crippen LogP contribution < -0.4 is 5.73 Å². The molecule has 1 aromatic heterocycles. The van der Waals surface area contributed by atoms with E-state index in [1.807, 2.05) is 12.3 Å². The molecule has 0 spiro atoms. The van der Waals surface area contributed by atoms with Crippen molar-refractivity contribution in [2.24, 2.45) is 11.7 Å². The van der Waals surface area contributed by atoms with Gasteiger partial charge in [-0.1, -0.05) is 31.0 Å². The minimum atomic E-state index is -0.204. The van der Waals surface area contributed by atoms with Crippen LogP contribution in [0.4, 0.5) is 0 Å². The van der Waals surface area contributed by atoms with Gasteiger partial charge in [-0.25, -0.2) is 0 Å². The molecule has 1 amide bonds. The highest BCUT2D eigenvalue weighted by molar-refractivity contribution is 5.92. The summed E-state index contributed by atoms with van der Waals surface area (Å²) in [6, 6.07) is 6.17. The molecule has 1 fully saturated rings. The number of nitrogens with two attached hydrogens (primary N) is 1. The number of rotatable bonds is 4. The predicted octanol–water partition coefficient (Wildman–Crippen LogP) is 2.85. The summed E-state index contributed by atoms with van der Waals surface area (Å²) in [5.41, 5.74) is 8.97. The van der Waals surface area contributed by atoms with E-state index in [0.717, 1.165) is 22.9 Å². The smallest absolute Gasteiger partial charge is 0.225 e. The molecule has 1 aliphatic rings. The summed E-state index contributed by atoms with van der Waals surface area (Å²) >= 11 is 0. The third-order valence-corrected chi connectivity index (χ3v) is 3.94. The molecule has 1 unspecified atom stereocenters. The van der Waals surface area contributed by atoms with Gasteiger partial charge in [-0.05, 0) is 30.4 Å². The Balaban J connectivity index is 2.05. The predicted molar refractivity (Wildman–Crippen MR) is 72.3 cm³/mol. The molecule has 3 N–H and O–H groups in total. The molecule has 3 rings (SSSR count). The van der Waals surface area contributed by atoms with Crippen LogP contribution >= 0.6 is 0 Å². The monoisotopic (exact) mass is 242 g/mol. The van der Waals surface area contributed by atoms with Crippen molar-refractivity contribution in [2.75, 3.05) is 0 Å². The molecule has 3 heteroatoms. The molecule has 0 aliphatic heterocycles. The lowest BCUT2D eigenvalue weighted by Gasteiger charge is -2.12. The van der Waals surface area contributed by atoms with E-state index in [-0.39, 0.29) is 11.8 Å². The molecule has 0 bridgehead atoms. The SMILES string of the molecule is Cc1cccc2c(C(CC3CC3)C(N)=O)c[nH]c12. The standard InChI is InChI=1S/C15H18N2O/c1-9-3-2-4-11-13(8-17-14(9)11)12(15(16)18)7-10-5-6-10/h2-4,8,10,12,17H,5-7H2,1H3,(H2,16,18). The van der Waals surface area contributed by atoms with Crippen LogP contribution in [0.2, 0.25) is 0 Å². The number of benzene rings is 1. The summed E-state index contributed by atoms with van der Waals surface area (Å²) in [6.45, 7) is 2.07. The minimum Gasteiger partial charge on any atom is -0.369 e. The molecular formula is C15H18N2O. The van der Waals surface area contributed by atoms with E-state index in [1.165, 1.54) is 18.4 Å². The molecule has 0 saturated heterocycles. The van der Waals surface area contributed by atoms with Gasteiger partial charge in [0.05, 0.1) is 5.92 Å². The second-order valence-electron chi connectivity index (χ2n) is 5.38. The van der Waals surface area contributed by atoms with E-state index < -0.39 is 0 Å². The fraction of sp³-hybridized carbons (Fsp3) is 0.400. The fourth-order valence-corrected chi connectivity index (χ4v) is 2.70. The van der Waals surface area contributed by atoms with Crippen LogP contribution in [-0.4, -0.2) is 10.9 Å². The van der Waals surface area contributed by atoms with Crippen molar-refractivity contribution in [3.05, 3.63) is 35.5 Å². The first-order valence-electron chi connectivity index (χ1n) is 6.52. The highest BCUT2D eigenvalue weighted by atomic mass is 16.1. The zero-order valence-corrected chi connectivity index (χ0v) is 10.6. The van der Waals surface area contributed by atoms with E-state index in [2.05, 4.69) is 24.0 Å². The maximum absolute atomic E-state index is 11.7. The first-order chi connectivity index (χ1) is 8.66. The first kappa shape index (κ1) is 11.3. The molecule has 94 valence electrons. The van der Waals surface area contributed by atoms with Gasteiger partial charge in [0, 0.05) is 17.1 Å². The number of amides is 1. The zero-order chi connectivity index (χ0) is 12.7. The van der Waals surface area contributed by atoms with E-state index in [9.17, 15) is 4.79 Å². The molecule has 1 aromatic carbocycles. The largest absolute Gasteiger partial charge is 0.369 e. The van der Waals surface area contributed by atoms with Crippen LogP contribution in [0.5, 0.6) is 0 Å². The van der Waals surface area contributed by atoms with Gasteiger partial charge in [0.15, 0.2) is 0 Å². The number of primary amides is 1. The first-order valence-corrected chi connectivity index (χ1v) is 6.52. The Bertz CT molecular complexity index is 596. The van der Waals surface area contributed by atoms with Crippen molar-refractivity contribution in [3.63, 3.8) is 0 Å². The number of fused-ring (bicyclic) bond motifs is 1. The Hall–Kier alpha value is -1.77. The average molecular weight is 242 g/mol. The van der Waals surface area contributed by atoms with Gasteiger partial charge < -0.3 is 10.7 Å².